The number of rotatable bonds is 6. The van der Waals surface area contributed by atoms with Gasteiger partial charge in [0, 0.05) is 13.1 Å². The van der Waals surface area contributed by atoms with Gasteiger partial charge in [-0.05, 0) is 18.4 Å². The van der Waals surface area contributed by atoms with Gasteiger partial charge >= 0.3 is 5.97 Å². The van der Waals surface area contributed by atoms with Gasteiger partial charge in [-0.25, -0.2) is 0 Å². The Morgan fingerprint density at radius 2 is 1.86 bits per heavy atom. The van der Waals surface area contributed by atoms with Crippen LogP contribution in [0.5, 0.6) is 0 Å². The lowest BCUT2D eigenvalue weighted by molar-refractivity contribution is -0.141. The molecule has 1 N–H and O–H groups in total. The molecule has 22 heavy (non-hydrogen) atoms. The molecule has 1 saturated heterocycles. The first-order valence-corrected chi connectivity index (χ1v) is 8.86. The van der Waals surface area contributed by atoms with Gasteiger partial charge in [0.1, 0.15) is 0 Å². The van der Waals surface area contributed by atoms with Crippen LogP contribution in [0.15, 0.2) is 30.3 Å². The Kier molecular flexibility index (Phi) is 5.93. The summed E-state index contributed by atoms with van der Waals surface area (Å²) in [5, 5.41) is 0. The Hall–Kier alpha value is -1.44. The maximum Gasteiger partial charge on any atom is 0.307 e. The fraction of sp³-hybridized carbons (Fsp3) is 0.533. The van der Waals surface area contributed by atoms with Crippen molar-refractivity contribution in [1.82, 2.24) is 9.03 Å². The number of nitrogens with one attached hydrogen (secondary N) is 1. The van der Waals surface area contributed by atoms with Gasteiger partial charge in [-0.15, -0.1) is 0 Å². The molecule has 0 amide bonds. The van der Waals surface area contributed by atoms with E-state index in [1.54, 1.807) is 12.1 Å². The summed E-state index contributed by atoms with van der Waals surface area (Å²) < 4.78 is 33.8. The molecule has 6 nitrogen and oxygen atoms in total. The number of ether oxygens (including phenoxy) is 1. The minimum atomic E-state index is -3.61. The highest BCUT2D eigenvalue weighted by atomic mass is 32.2. The van der Waals surface area contributed by atoms with Crippen molar-refractivity contribution in [2.24, 2.45) is 0 Å². The van der Waals surface area contributed by atoms with Crippen molar-refractivity contribution in [2.75, 3.05) is 20.2 Å². The first-order chi connectivity index (χ1) is 10.5. The number of methoxy groups -OCH3 is 1. The third-order valence-electron chi connectivity index (χ3n) is 3.75. The zero-order valence-electron chi connectivity index (χ0n) is 12.7. The van der Waals surface area contributed by atoms with Gasteiger partial charge in [0.15, 0.2) is 0 Å². The molecule has 0 bridgehead atoms. The van der Waals surface area contributed by atoms with Crippen molar-refractivity contribution in [3.8, 4) is 0 Å². The van der Waals surface area contributed by atoms with E-state index in [1.807, 2.05) is 18.2 Å². The van der Waals surface area contributed by atoms with E-state index in [0.717, 1.165) is 24.8 Å². The minimum absolute atomic E-state index is 0.0341. The van der Waals surface area contributed by atoms with E-state index >= 15 is 0 Å². The van der Waals surface area contributed by atoms with Crippen LogP contribution in [0.4, 0.5) is 0 Å². The molecule has 0 aliphatic carbocycles. The fourth-order valence-corrected chi connectivity index (χ4v) is 3.99. The average Bonchev–Trinajstić information content (AvgIpc) is 2.55. The van der Waals surface area contributed by atoms with Crippen LogP contribution in [-0.2, 0) is 19.7 Å². The lowest BCUT2D eigenvalue weighted by Crippen LogP contribution is -2.45. The van der Waals surface area contributed by atoms with E-state index < -0.39 is 22.2 Å². The van der Waals surface area contributed by atoms with Gasteiger partial charge in [0.05, 0.1) is 19.6 Å². The van der Waals surface area contributed by atoms with Gasteiger partial charge in [0.25, 0.3) is 10.2 Å². The van der Waals surface area contributed by atoms with E-state index in [0.29, 0.717) is 13.1 Å². The third-order valence-corrected chi connectivity index (χ3v) is 5.37. The predicted molar refractivity (Wildman–Crippen MR) is 83.3 cm³/mol. The monoisotopic (exact) mass is 326 g/mol. The van der Waals surface area contributed by atoms with Gasteiger partial charge in [0.2, 0.25) is 0 Å². The molecule has 0 spiro atoms. The molecule has 1 heterocycles. The Bertz CT molecular complexity index is 583. The van der Waals surface area contributed by atoms with Gasteiger partial charge in [-0.3, -0.25) is 4.79 Å². The summed E-state index contributed by atoms with van der Waals surface area (Å²) in [7, 11) is -2.31. The molecule has 1 fully saturated rings. The molecular formula is C15H22N2O4S. The number of benzene rings is 1. The smallest absolute Gasteiger partial charge is 0.307 e. The molecule has 1 unspecified atom stereocenters. The molecule has 1 aromatic rings. The molecule has 0 radical (unpaired) electrons. The highest BCUT2D eigenvalue weighted by Crippen LogP contribution is 2.20. The molecule has 122 valence electrons. The summed E-state index contributed by atoms with van der Waals surface area (Å²) in [5.41, 5.74) is 0.744. The van der Waals surface area contributed by atoms with Crippen LogP contribution in [0.25, 0.3) is 0 Å². The summed E-state index contributed by atoms with van der Waals surface area (Å²) in [5.74, 6) is -0.449. The van der Waals surface area contributed by atoms with E-state index in [2.05, 4.69) is 9.46 Å². The van der Waals surface area contributed by atoms with Crippen LogP contribution >= 0.6 is 0 Å². The first-order valence-electron chi connectivity index (χ1n) is 7.42. The number of esters is 1. The maximum atomic E-state index is 12.5. The molecule has 0 aromatic heterocycles. The van der Waals surface area contributed by atoms with Crippen LogP contribution in [0.1, 0.15) is 37.3 Å². The summed E-state index contributed by atoms with van der Waals surface area (Å²) in [4.78, 5) is 11.6. The predicted octanol–water partition coefficient (Wildman–Crippen LogP) is 1.61. The van der Waals surface area contributed by atoms with Crippen molar-refractivity contribution >= 4 is 16.2 Å². The van der Waals surface area contributed by atoms with Gasteiger partial charge in [-0.1, -0.05) is 36.8 Å². The first kappa shape index (κ1) is 16.9. The lowest BCUT2D eigenvalue weighted by atomic mass is 10.1. The van der Waals surface area contributed by atoms with Crippen molar-refractivity contribution in [2.45, 2.75) is 31.7 Å². The largest absolute Gasteiger partial charge is 0.469 e. The molecule has 1 aliphatic heterocycles. The molecular weight excluding hydrogens is 304 g/mol. The molecule has 2 rings (SSSR count). The number of carbonyl (C=O) groups is 1. The van der Waals surface area contributed by atoms with E-state index in [1.165, 1.54) is 11.4 Å². The topological polar surface area (TPSA) is 75.7 Å². The Morgan fingerprint density at radius 1 is 1.23 bits per heavy atom. The second-order valence-corrected chi connectivity index (χ2v) is 7.03. The molecule has 1 aliphatic rings. The van der Waals surface area contributed by atoms with Gasteiger partial charge in [-0.2, -0.15) is 17.4 Å². The Labute approximate surface area is 131 Å². The highest BCUT2D eigenvalue weighted by molar-refractivity contribution is 7.87. The number of hydrogen-bond donors (Lipinski definition) is 1. The number of carbonyl (C=O) groups excluding carboxylic acids is 1. The maximum absolute atomic E-state index is 12.5. The van der Waals surface area contributed by atoms with E-state index in [9.17, 15) is 13.2 Å². The van der Waals surface area contributed by atoms with Crippen LogP contribution in [-0.4, -0.2) is 38.9 Å². The summed E-state index contributed by atoms with van der Waals surface area (Å²) >= 11 is 0. The standard InChI is InChI=1S/C15H22N2O4S/c1-21-15(18)12-14(13-8-4-2-5-9-13)16-22(19,20)17-10-6-3-7-11-17/h2,4-5,8-9,14,16H,3,6-7,10-12H2,1H3. The average molecular weight is 326 g/mol. The van der Waals surface area contributed by atoms with Crippen LogP contribution < -0.4 is 4.72 Å². The van der Waals surface area contributed by atoms with Crippen LogP contribution in [0.2, 0.25) is 0 Å². The highest BCUT2D eigenvalue weighted by Gasteiger charge is 2.28. The van der Waals surface area contributed by atoms with Crippen molar-refractivity contribution in [1.29, 1.82) is 0 Å². The second-order valence-electron chi connectivity index (χ2n) is 5.33. The van der Waals surface area contributed by atoms with Crippen LogP contribution in [0.3, 0.4) is 0 Å². The second kappa shape index (κ2) is 7.71. The molecule has 1 atom stereocenters. The SMILES string of the molecule is COC(=O)CC(NS(=O)(=O)N1CCCCC1)c1ccccc1. The fourth-order valence-electron chi connectivity index (χ4n) is 2.52. The van der Waals surface area contributed by atoms with Crippen molar-refractivity contribution in [3.05, 3.63) is 35.9 Å². The van der Waals surface area contributed by atoms with Gasteiger partial charge < -0.3 is 4.74 Å². The van der Waals surface area contributed by atoms with Crippen LogP contribution in [0, 0.1) is 0 Å². The zero-order valence-corrected chi connectivity index (χ0v) is 13.5. The Balaban J connectivity index is 2.16. The van der Waals surface area contributed by atoms with Crippen molar-refractivity contribution < 1.29 is 17.9 Å². The zero-order chi connectivity index (χ0) is 16.0. The number of piperidine rings is 1. The van der Waals surface area contributed by atoms with Crippen molar-refractivity contribution in [3.63, 3.8) is 0 Å². The number of nitrogens with zero attached hydrogens (tertiary/aromatic N) is 1. The summed E-state index contributed by atoms with van der Waals surface area (Å²) in [6, 6.07) is 8.45. The summed E-state index contributed by atoms with van der Waals surface area (Å²) in [6.45, 7) is 1.05. The summed E-state index contributed by atoms with van der Waals surface area (Å²) in [6.07, 6.45) is 2.76. The molecule has 7 heteroatoms. The molecule has 1 aromatic carbocycles. The van der Waals surface area contributed by atoms with E-state index in [4.69, 9.17) is 0 Å². The normalized spacial score (nSPS) is 17.9. The third kappa shape index (κ3) is 4.53. The van der Waals surface area contributed by atoms with E-state index in [-0.39, 0.29) is 6.42 Å². The number of hydrogen-bond acceptors (Lipinski definition) is 4. The quantitative estimate of drug-likeness (QED) is 0.806. The molecule has 0 saturated carbocycles. The minimum Gasteiger partial charge on any atom is -0.469 e. The lowest BCUT2D eigenvalue weighted by Gasteiger charge is -2.28. The Morgan fingerprint density at radius 3 is 2.45 bits per heavy atom.